The molecule has 0 atom stereocenters. The fourth-order valence-electron chi connectivity index (χ4n) is 2.78. The summed E-state index contributed by atoms with van der Waals surface area (Å²) in [5.74, 6) is -0.277. The van der Waals surface area contributed by atoms with Gasteiger partial charge in [0.2, 0.25) is 0 Å². The molecule has 0 saturated carbocycles. The summed E-state index contributed by atoms with van der Waals surface area (Å²) in [5, 5.41) is 2.68. The van der Waals surface area contributed by atoms with Crippen molar-refractivity contribution >= 4 is 21.6 Å². The molecule has 0 spiro atoms. The van der Waals surface area contributed by atoms with E-state index in [1.807, 2.05) is 19.1 Å². The van der Waals surface area contributed by atoms with Crippen LogP contribution in [0.3, 0.4) is 0 Å². The minimum absolute atomic E-state index is 0.0960. The Morgan fingerprint density at radius 2 is 1.65 bits per heavy atom. The lowest BCUT2D eigenvalue weighted by atomic mass is 10.2. The number of hydrogen-bond acceptors (Lipinski definition) is 4. The van der Waals surface area contributed by atoms with E-state index in [4.69, 9.17) is 4.74 Å². The standard InChI is InChI=1S/C23H23FN2O4S/c1-16-3-9-20(10-4-16)26-31(28,29)21-11-12-22(17(2)13-21)30-15-23(27)25-14-18-5-7-19(24)8-6-18/h3-13,26H,14-15H2,1-2H3,(H,25,27). The van der Waals surface area contributed by atoms with Crippen LogP contribution < -0.4 is 14.8 Å². The number of ether oxygens (including phenoxy) is 1. The van der Waals surface area contributed by atoms with Crippen LogP contribution in [0, 0.1) is 19.7 Å². The third kappa shape index (κ3) is 6.29. The SMILES string of the molecule is Cc1ccc(NS(=O)(=O)c2ccc(OCC(=O)NCc3ccc(F)cc3)c(C)c2)cc1. The summed E-state index contributed by atoms with van der Waals surface area (Å²) in [7, 11) is -3.75. The molecule has 2 N–H and O–H groups in total. The summed E-state index contributed by atoms with van der Waals surface area (Å²) in [6.45, 7) is 3.65. The summed E-state index contributed by atoms with van der Waals surface area (Å²) in [6.07, 6.45) is 0. The number of anilines is 1. The number of aryl methyl sites for hydroxylation is 2. The second kappa shape index (κ2) is 9.61. The van der Waals surface area contributed by atoms with Gasteiger partial charge in [0.25, 0.3) is 15.9 Å². The van der Waals surface area contributed by atoms with E-state index in [2.05, 4.69) is 10.0 Å². The van der Waals surface area contributed by atoms with Crippen LogP contribution in [0.25, 0.3) is 0 Å². The number of nitrogens with one attached hydrogen (secondary N) is 2. The zero-order valence-corrected chi connectivity index (χ0v) is 18.0. The van der Waals surface area contributed by atoms with Crippen LogP contribution in [-0.4, -0.2) is 20.9 Å². The molecular weight excluding hydrogens is 419 g/mol. The van der Waals surface area contributed by atoms with Gasteiger partial charge in [-0.05, 0) is 67.4 Å². The molecule has 3 aromatic carbocycles. The van der Waals surface area contributed by atoms with Crippen molar-refractivity contribution in [1.29, 1.82) is 0 Å². The number of benzene rings is 3. The molecule has 0 fully saturated rings. The smallest absolute Gasteiger partial charge is 0.261 e. The van der Waals surface area contributed by atoms with E-state index in [-0.39, 0.29) is 29.8 Å². The molecule has 1 amide bonds. The first-order valence-corrected chi connectivity index (χ1v) is 11.1. The van der Waals surface area contributed by atoms with Gasteiger partial charge >= 0.3 is 0 Å². The molecule has 0 bridgehead atoms. The predicted molar refractivity (Wildman–Crippen MR) is 117 cm³/mol. The van der Waals surface area contributed by atoms with Gasteiger partial charge in [0.15, 0.2) is 6.61 Å². The Kier molecular flexibility index (Phi) is 6.91. The Labute approximate surface area is 181 Å². The molecule has 162 valence electrons. The highest BCUT2D eigenvalue weighted by Crippen LogP contribution is 2.23. The van der Waals surface area contributed by atoms with Crippen molar-refractivity contribution in [3.05, 3.63) is 89.2 Å². The summed E-state index contributed by atoms with van der Waals surface area (Å²) in [6, 6.07) is 17.3. The average molecular weight is 443 g/mol. The minimum Gasteiger partial charge on any atom is -0.484 e. The van der Waals surface area contributed by atoms with Crippen molar-refractivity contribution in [1.82, 2.24) is 5.32 Å². The third-order valence-electron chi connectivity index (χ3n) is 4.52. The fourth-order valence-corrected chi connectivity index (χ4v) is 3.93. The van der Waals surface area contributed by atoms with E-state index in [1.165, 1.54) is 30.3 Å². The highest BCUT2D eigenvalue weighted by atomic mass is 32.2. The molecular formula is C23H23FN2O4S. The highest BCUT2D eigenvalue weighted by Gasteiger charge is 2.16. The highest BCUT2D eigenvalue weighted by molar-refractivity contribution is 7.92. The molecule has 8 heteroatoms. The average Bonchev–Trinajstić information content (AvgIpc) is 2.74. The van der Waals surface area contributed by atoms with Crippen molar-refractivity contribution in [3.8, 4) is 5.75 Å². The van der Waals surface area contributed by atoms with Gasteiger partial charge in [-0.1, -0.05) is 29.8 Å². The molecule has 0 heterocycles. The predicted octanol–water partition coefficient (Wildman–Crippen LogP) is 3.94. The van der Waals surface area contributed by atoms with Crippen molar-refractivity contribution < 1.29 is 22.3 Å². The molecule has 0 aliphatic heterocycles. The molecule has 0 aliphatic carbocycles. The van der Waals surface area contributed by atoms with Gasteiger partial charge in [0, 0.05) is 12.2 Å². The third-order valence-corrected chi connectivity index (χ3v) is 5.90. The van der Waals surface area contributed by atoms with Crippen LogP contribution in [0.4, 0.5) is 10.1 Å². The van der Waals surface area contributed by atoms with Crippen molar-refractivity contribution in [3.63, 3.8) is 0 Å². The van der Waals surface area contributed by atoms with Crippen LogP contribution in [0.5, 0.6) is 5.75 Å². The van der Waals surface area contributed by atoms with Gasteiger partial charge in [-0.3, -0.25) is 9.52 Å². The van der Waals surface area contributed by atoms with Gasteiger partial charge in [-0.2, -0.15) is 0 Å². The van der Waals surface area contributed by atoms with Crippen molar-refractivity contribution in [2.24, 2.45) is 0 Å². The van der Waals surface area contributed by atoms with Gasteiger partial charge < -0.3 is 10.1 Å². The van der Waals surface area contributed by atoms with Crippen LogP contribution >= 0.6 is 0 Å². The summed E-state index contributed by atoms with van der Waals surface area (Å²) >= 11 is 0. The van der Waals surface area contributed by atoms with Crippen molar-refractivity contribution in [2.45, 2.75) is 25.3 Å². The molecule has 0 aliphatic rings. The largest absolute Gasteiger partial charge is 0.484 e. The number of carbonyl (C=O) groups is 1. The lowest BCUT2D eigenvalue weighted by molar-refractivity contribution is -0.123. The monoisotopic (exact) mass is 442 g/mol. The Balaban J connectivity index is 1.57. The van der Waals surface area contributed by atoms with Gasteiger partial charge in [0.1, 0.15) is 11.6 Å². The van der Waals surface area contributed by atoms with Crippen LogP contribution in [-0.2, 0) is 21.4 Å². The molecule has 3 rings (SSSR count). The summed E-state index contributed by atoms with van der Waals surface area (Å²) in [5.41, 5.74) is 2.85. The van der Waals surface area contributed by atoms with Crippen LogP contribution in [0.1, 0.15) is 16.7 Å². The lowest BCUT2D eigenvalue weighted by Gasteiger charge is -2.12. The number of sulfonamides is 1. The van der Waals surface area contributed by atoms with E-state index >= 15 is 0 Å². The number of rotatable bonds is 8. The Morgan fingerprint density at radius 1 is 0.968 bits per heavy atom. The van der Waals surface area contributed by atoms with E-state index in [1.54, 1.807) is 31.2 Å². The normalized spacial score (nSPS) is 11.1. The van der Waals surface area contributed by atoms with Crippen LogP contribution in [0.2, 0.25) is 0 Å². The second-order valence-electron chi connectivity index (χ2n) is 7.09. The molecule has 3 aromatic rings. The van der Waals surface area contributed by atoms with E-state index in [9.17, 15) is 17.6 Å². The van der Waals surface area contributed by atoms with Gasteiger partial charge in [-0.25, -0.2) is 12.8 Å². The zero-order chi connectivity index (χ0) is 22.4. The van der Waals surface area contributed by atoms with E-state index in [0.29, 0.717) is 17.0 Å². The number of amides is 1. The molecule has 0 unspecified atom stereocenters. The molecule has 0 radical (unpaired) electrons. The first kappa shape index (κ1) is 22.3. The Morgan fingerprint density at radius 3 is 2.29 bits per heavy atom. The summed E-state index contributed by atoms with van der Waals surface area (Å²) < 4.78 is 46.2. The van der Waals surface area contributed by atoms with E-state index < -0.39 is 10.0 Å². The number of hydrogen-bond donors (Lipinski definition) is 2. The molecule has 0 saturated heterocycles. The Bertz CT molecular complexity index is 1160. The maximum Gasteiger partial charge on any atom is 0.261 e. The lowest BCUT2D eigenvalue weighted by Crippen LogP contribution is -2.28. The van der Waals surface area contributed by atoms with Gasteiger partial charge in [-0.15, -0.1) is 0 Å². The quantitative estimate of drug-likeness (QED) is 0.554. The maximum absolute atomic E-state index is 12.9. The maximum atomic E-state index is 12.9. The molecule has 6 nitrogen and oxygen atoms in total. The molecule has 0 aromatic heterocycles. The summed E-state index contributed by atoms with van der Waals surface area (Å²) in [4.78, 5) is 12.1. The minimum atomic E-state index is -3.75. The van der Waals surface area contributed by atoms with Gasteiger partial charge in [0.05, 0.1) is 4.90 Å². The van der Waals surface area contributed by atoms with Crippen LogP contribution in [0.15, 0.2) is 71.6 Å². The molecule has 31 heavy (non-hydrogen) atoms. The zero-order valence-electron chi connectivity index (χ0n) is 17.2. The number of halogens is 1. The topological polar surface area (TPSA) is 84.5 Å². The Hall–Kier alpha value is -3.39. The van der Waals surface area contributed by atoms with E-state index in [0.717, 1.165) is 11.1 Å². The number of carbonyl (C=O) groups excluding carboxylic acids is 1. The first-order valence-electron chi connectivity index (χ1n) is 9.57. The second-order valence-corrected chi connectivity index (χ2v) is 8.77. The van der Waals surface area contributed by atoms with Crippen molar-refractivity contribution in [2.75, 3.05) is 11.3 Å². The first-order chi connectivity index (χ1) is 14.7. The fraction of sp³-hybridized carbons (Fsp3) is 0.174.